The minimum absolute atomic E-state index is 0.577. The fraction of sp³-hybridized carbons (Fsp3) is 1.00. The van der Waals surface area contributed by atoms with Crippen molar-refractivity contribution in [2.24, 2.45) is 17.3 Å². The molecular formula is C16H32N2. The summed E-state index contributed by atoms with van der Waals surface area (Å²) in [5.74, 6) is 1.78. The van der Waals surface area contributed by atoms with Crippen molar-refractivity contribution in [3.63, 3.8) is 0 Å². The maximum atomic E-state index is 3.70. The summed E-state index contributed by atoms with van der Waals surface area (Å²) < 4.78 is 0. The highest BCUT2D eigenvalue weighted by Crippen LogP contribution is 2.39. The zero-order chi connectivity index (χ0) is 13.2. The summed E-state index contributed by atoms with van der Waals surface area (Å²) in [6.07, 6.45) is 5.76. The molecule has 1 aliphatic heterocycles. The average Bonchev–Trinajstić information content (AvgIpc) is 2.86. The van der Waals surface area contributed by atoms with Crippen LogP contribution in [0.5, 0.6) is 0 Å². The van der Waals surface area contributed by atoms with Gasteiger partial charge >= 0.3 is 0 Å². The van der Waals surface area contributed by atoms with E-state index in [9.17, 15) is 0 Å². The lowest BCUT2D eigenvalue weighted by Crippen LogP contribution is -2.43. The summed E-state index contributed by atoms with van der Waals surface area (Å²) in [6, 6.07) is 0.624. The van der Waals surface area contributed by atoms with Gasteiger partial charge in [-0.2, -0.15) is 0 Å². The SMILES string of the molecule is CC(C)NCC1(CN2CC(C)C(C)C2)CCCC1. The minimum atomic E-state index is 0.577. The molecule has 2 heteroatoms. The Kier molecular flexibility index (Phi) is 4.71. The highest BCUT2D eigenvalue weighted by atomic mass is 15.2. The van der Waals surface area contributed by atoms with Gasteiger partial charge in [-0.15, -0.1) is 0 Å². The van der Waals surface area contributed by atoms with Crippen molar-refractivity contribution >= 4 is 0 Å². The Morgan fingerprint density at radius 1 is 1.11 bits per heavy atom. The Bertz CT molecular complexity index is 246. The molecule has 2 rings (SSSR count). The van der Waals surface area contributed by atoms with E-state index in [1.54, 1.807) is 0 Å². The summed E-state index contributed by atoms with van der Waals surface area (Å²) >= 11 is 0. The Balaban J connectivity index is 1.90. The van der Waals surface area contributed by atoms with Crippen molar-refractivity contribution in [2.45, 2.75) is 59.4 Å². The van der Waals surface area contributed by atoms with Gasteiger partial charge < -0.3 is 10.2 Å². The van der Waals surface area contributed by atoms with Crippen molar-refractivity contribution in [1.29, 1.82) is 0 Å². The first kappa shape index (κ1) is 14.3. The van der Waals surface area contributed by atoms with Crippen LogP contribution in [0.15, 0.2) is 0 Å². The average molecular weight is 252 g/mol. The van der Waals surface area contributed by atoms with Gasteiger partial charge in [0.05, 0.1) is 0 Å². The molecule has 0 aromatic carbocycles. The van der Waals surface area contributed by atoms with Crippen LogP contribution < -0.4 is 5.32 Å². The summed E-state index contributed by atoms with van der Waals surface area (Å²) in [5, 5.41) is 3.70. The van der Waals surface area contributed by atoms with E-state index < -0.39 is 0 Å². The maximum absolute atomic E-state index is 3.70. The zero-order valence-electron chi connectivity index (χ0n) is 12.8. The molecule has 106 valence electrons. The van der Waals surface area contributed by atoms with Gasteiger partial charge in [-0.1, -0.05) is 40.5 Å². The van der Waals surface area contributed by atoms with Crippen molar-refractivity contribution in [1.82, 2.24) is 10.2 Å². The van der Waals surface area contributed by atoms with Crippen LogP contribution in [-0.4, -0.2) is 37.1 Å². The molecule has 0 radical (unpaired) electrons. The van der Waals surface area contributed by atoms with Crippen molar-refractivity contribution in [3.05, 3.63) is 0 Å². The lowest BCUT2D eigenvalue weighted by atomic mass is 9.85. The van der Waals surface area contributed by atoms with Crippen molar-refractivity contribution in [2.75, 3.05) is 26.2 Å². The quantitative estimate of drug-likeness (QED) is 0.809. The normalized spacial score (nSPS) is 32.5. The monoisotopic (exact) mass is 252 g/mol. The molecule has 1 saturated carbocycles. The lowest BCUT2D eigenvalue weighted by Gasteiger charge is -2.34. The largest absolute Gasteiger partial charge is 0.314 e. The van der Waals surface area contributed by atoms with E-state index in [1.807, 2.05) is 0 Å². The van der Waals surface area contributed by atoms with Crippen LogP contribution in [0.3, 0.4) is 0 Å². The molecule has 2 fully saturated rings. The van der Waals surface area contributed by atoms with Crippen LogP contribution in [0, 0.1) is 17.3 Å². The molecular weight excluding hydrogens is 220 g/mol. The molecule has 18 heavy (non-hydrogen) atoms. The van der Waals surface area contributed by atoms with E-state index >= 15 is 0 Å². The van der Waals surface area contributed by atoms with Crippen LogP contribution in [0.4, 0.5) is 0 Å². The number of hydrogen-bond acceptors (Lipinski definition) is 2. The molecule has 0 spiro atoms. The van der Waals surface area contributed by atoms with E-state index in [0.717, 1.165) is 11.8 Å². The molecule has 1 saturated heterocycles. The smallest absolute Gasteiger partial charge is 0.00504 e. The maximum Gasteiger partial charge on any atom is 0.00504 e. The molecule has 1 heterocycles. The van der Waals surface area contributed by atoms with Crippen LogP contribution in [0.25, 0.3) is 0 Å². The first-order valence-corrected chi connectivity index (χ1v) is 7.96. The molecule has 0 amide bonds. The first-order valence-electron chi connectivity index (χ1n) is 7.96. The summed E-state index contributed by atoms with van der Waals surface area (Å²) in [7, 11) is 0. The summed E-state index contributed by atoms with van der Waals surface area (Å²) in [6.45, 7) is 14.6. The van der Waals surface area contributed by atoms with E-state index in [1.165, 1.54) is 51.9 Å². The molecule has 2 nitrogen and oxygen atoms in total. The van der Waals surface area contributed by atoms with E-state index in [0.29, 0.717) is 11.5 Å². The highest BCUT2D eigenvalue weighted by Gasteiger charge is 2.38. The Morgan fingerprint density at radius 3 is 2.17 bits per heavy atom. The fourth-order valence-corrected chi connectivity index (χ4v) is 3.79. The Hall–Kier alpha value is -0.0800. The predicted molar refractivity (Wildman–Crippen MR) is 78.8 cm³/mol. The second-order valence-electron chi connectivity index (χ2n) is 7.39. The number of hydrogen-bond donors (Lipinski definition) is 1. The number of rotatable bonds is 5. The fourth-order valence-electron chi connectivity index (χ4n) is 3.79. The van der Waals surface area contributed by atoms with Crippen molar-refractivity contribution < 1.29 is 0 Å². The van der Waals surface area contributed by atoms with Gasteiger partial charge in [0.1, 0.15) is 0 Å². The van der Waals surface area contributed by atoms with E-state index in [2.05, 4.69) is 37.9 Å². The van der Waals surface area contributed by atoms with E-state index in [4.69, 9.17) is 0 Å². The third-order valence-electron chi connectivity index (χ3n) is 5.17. The second-order valence-corrected chi connectivity index (χ2v) is 7.39. The van der Waals surface area contributed by atoms with Gasteiger partial charge in [0.15, 0.2) is 0 Å². The number of likely N-dealkylation sites (tertiary alicyclic amines) is 1. The molecule has 1 aliphatic carbocycles. The van der Waals surface area contributed by atoms with Gasteiger partial charge in [0.25, 0.3) is 0 Å². The summed E-state index contributed by atoms with van der Waals surface area (Å²) in [5.41, 5.74) is 0.577. The molecule has 0 aromatic rings. The van der Waals surface area contributed by atoms with Crippen LogP contribution in [0.2, 0.25) is 0 Å². The predicted octanol–water partition coefficient (Wildman–Crippen LogP) is 3.13. The van der Waals surface area contributed by atoms with Crippen molar-refractivity contribution in [3.8, 4) is 0 Å². The number of nitrogens with one attached hydrogen (secondary N) is 1. The molecule has 1 N–H and O–H groups in total. The first-order chi connectivity index (χ1) is 8.51. The third kappa shape index (κ3) is 3.48. The van der Waals surface area contributed by atoms with Gasteiger partial charge in [-0.25, -0.2) is 0 Å². The standard InChI is InChI=1S/C16H32N2/c1-13(2)17-11-16(7-5-6-8-16)12-18-9-14(3)15(4)10-18/h13-15,17H,5-12H2,1-4H3. The summed E-state index contributed by atoms with van der Waals surface area (Å²) in [4.78, 5) is 2.74. The van der Waals surface area contributed by atoms with Gasteiger partial charge in [0, 0.05) is 32.2 Å². The molecule has 2 unspecified atom stereocenters. The zero-order valence-corrected chi connectivity index (χ0v) is 12.8. The van der Waals surface area contributed by atoms with Crippen LogP contribution >= 0.6 is 0 Å². The topological polar surface area (TPSA) is 15.3 Å². The highest BCUT2D eigenvalue weighted by molar-refractivity contribution is 4.92. The molecule has 0 bridgehead atoms. The second kappa shape index (κ2) is 5.92. The molecule has 2 aliphatic rings. The third-order valence-corrected chi connectivity index (χ3v) is 5.17. The van der Waals surface area contributed by atoms with Crippen LogP contribution in [-0.2, 0) is 0 Å². The Labute approximate surface area is 114 Å². The molecule has 2 atom stereocenters. The van der Waals surface area contributed by atoms with Gasteiger partial charge in [-0.05, 0) is 30.1 Å². The Morgan fingerprint density at radius 2 is 1.67 bits per heavy atom. The van der Waals surface area contributed by atoms with Gasteiger partial charge in [-0.3, -0.25) is 0 Å². The van der Waals surface area contributed by atoms with E-state index in [-0.39, 0.29) is 0 Å². The minimum Gasteiger partial charge on any atom is -0.314 e. The lowest BCUT2D eigenvalue weighted by molar-refractivity contribution is 0.164. The van der Waals surface area contributed by atoms with Crippen LogP contribution in [0.1, 0.15) is 53.4 Å². The number of nitrogens with zero attached hydrogens (tertiary/aromatic N) is 1. The molecule has 0 aromatic heterocycles. The van der Waals surface area contributed by atoms with Gasteiger partial charge in [0.2, 0.25) is 0 Å².